The fourth-order valence-electron chi connectivity index (χ4n) is 3.00. The van der Waals surface area contributed by atoms with Gasteiger partial charge in [0.25, 0.3) is 0 Å². The van der Waals surface area contributed by atoms with Crippen LogP contribution in [0.15, 0.2) is 30.3 Å². The number of piperidine rings is 1. The maximum Gasteiger partial charge on any atom is 0.238 e. The molecule has 21 heavy (non-hydrogen) atoms. The van der Waals surface area contributed by atoms with Gasteiger partial charge in [0.15, 0.2) is 0 Å². The van der Waals surface area contributed by atoms with Crippen LogP contribution in [-0.4, -0.2) is 42.5 Å². The van der Waals surface area contributed by atoms with Gasteiger partial charge in [-0.3, -0.25) is 9.69 Å². The molecule has 1 aliphatic carbocycles. The molecule has 1 saturated heterocycles. The van der Waals surface area contributed by atoms with Crippen LogP contribution in [0.1, 0.15) is 32.1 Å². The Morgan fingerprint density at radius 3 is 2.71 bits per heavy atom. The van der Waals surface area contributed by atoms with Gasteiger partial charge in [-0.1, -0.05) is 24.6 Å². The smallest absolute Gasteiger partial charge is 0.238 e. The summed E-state index contributed by atoms with van der Waals surface area (Å²) in [6.07, 6.45) is 6.34. The number of carbonyl (C=O) groups excluding carboxylic acids is 1. The van der Waals surface area contributed by atoms with Crippen molar-refractivity contribution in [3.8, 4) is 0 Å². The third-order valence-electron chi connectivity index (χ3n) is 4.37. The third kappa shape index (κ3) is 4.55. The Morgan fingerprint density at radius 2 is 1.95 bits per heavy atom. The van der Waals surface area contributed by atoms with Gasteiger partial charge in [-0.25, -0.2) is 0 Å². The topological polar surface area (TPSA) is 44.4 Å². The lowest BCUT2D eigenvalue weighted by Gasteiger charge is -2.35. The summed E-state index contributed by atoms with van der Waals surface area (Å²) < 4.78 is 0. The number of likely N-dealkylation sites (tertiary alicyclic amines) is 1. The largest absolute Gasteiger partial charge is 0.325 e. The van der Waals surface area contributed by atoms with E-state index in [1.807, 2.05) is 30.3 Å². The van der Waals surface area contributed by atoms with Crippen molar-refractivity contribution >= 4 is 11.6 Å². The molecule has 1 unspecified atom stereocenters. The molecule has 1 saturated carbocycles. The summed E-state index contributed by atoms with van der Waals surface area (Å²) in [4.78, 5) is 14.5. The van der Waals surface area contributed by atoms with E-state index >= 15 is 0 Å². The van der Waals surface area contributed by atoms with E-state index in [-0.39, 0.29) is 5.91 Å². The minimum Gasteiger partial charge on any atom is -0.325 e. The maximum absolute atomic E-state index is 12.2. The number of anilines is 1. The van der Waals surface area contributed by atoms with E-state index in [9.17, 15) is 4.79 Å². The van der Waals surface area contributed by atoms with Gasteiger partial charge in [-0.15, -0.1) is 0 Å². The van der Waals surface area contributed by atoms with Crippen molar-refractivity contribution in [1.82, 2.24) is 10.2 Å². The zero-order valence-corrected chi connectivity index (χ0v) is 12.6. The number of hydrogen-bond acceptors (Lipinski definition) is 3. The van der Waals surface area contributed by atoms with Gasteiger partial charge in [0.05, 0.1) is 6.54 Å². The summed E-state index contributed by atoms with van der Waals surface area (Å²) in [7, 11) is 0. The van der Waals surface area contributed by atoms with Crippen molar-refractivity contribution < 1.29 is 4.79 Å². The minimum absolute atomic E-state index is 0.0968. The lowest BCUT2D eigenvalue weighted by molar-refractivity contribution is -0.118. The predicted molar refractivity (Wildman–Crippen MR) is 85.3 cm³/mol. The number of benzene rings is 1. The first-order valence-electron chi connectivity index (χ1n) is 8.13. The SMILES string of the molecule is O=C(CN1CCCCC1CNC1CC1)Nc1ccccc1. The molecule has 1 aromatic carbocycles. The van der Waals surface area contributed by atoms with Crippen molar-refractivity contribution in [3.05, 3.63) is 30.3 Å². The monoisotopic (exact) mass is 287 g/mol. The van der Waals surface area contributed by atoms with Crippen LogP contribution in [0.25, 0.3) is 0 Å². The average Bonchev–Trinajstić information content (AvgIpc) is 3.31. The summed E-state index contributed by atoms with van der Waals surface area (Å²) in [5.74, 6) is 0.0968. The van der Waals surface area contributed by atoms with Crippen molar-refractivity contribution in [3.63, 3.8) is 0 Å². The second-order valence-electron chi connectivity index (χ2n) is 6.22. The fraction of sp³-hybridized carbons (Fsp3) is 0.588. The molecular formula is C17H25N3O. The second kappa shape index (κ2) is 7.05. The Kier molecular flexibility index (Phi) is 4.88. The number of hydrogen-bond donors (Lipinski definition) is 2. The van der Waals surface area contributed by atoms with Crippen LogP contribution >= 0.6 is 0 Å². The van der Waals surface area contributed by atoms with E-state index in [0.717, 1.165) is 24.8 Å². The van der Waals surface area contributed by atoms with Crippen LogP contribution in [0.2, 0.25) is 0 Å². The fourth-order valence-corrected chi connectivity index (χ4v) is 3.00. The predicted octanol–water partition coefficient (Wildman–Crippen LogP) is 2.23. The van der Waals surface area contributed by atoms with Crippen LogP contribution in [0, 0.1) is 0 Å². The van der Waals surface area contributed by atoms with Gasteiger partial charge in [-0.2, -0.15) is 0 Å². The van der Waals surface area contributed by atoms with E-state index in [4.69, 9.17) is 0 Å². The highest BCUT2D eigenvalue weighted by molar-refractivity contribution is 5.92. The average molecular weight is 287 g/mol. The highest BCUT2D eigenvalue weighted by atomic mass is 16.2. The van der Waals surface area contributed by atoms with E-state index < -0.39 is 0 Å². The Hall–Kier alpha value is -1.39. The molecule has 0 spiro atoms. The van der Waals surface area contributed by atoms with Gasteiger partial charge in [0.1, 0.15) is 0 Å². The number of rotatable bonds is 6. The van der Waals surface area contributed by atoms with Gasteiger partial charge in [0.2, 0.25) is 5.91 Å². The van der Waals surface area contributed by atoms with E-state index in [1.165, 1.54) is 32.1 Å². The summed E-state index contributed by atoms with van der Waals surface area (Å²) in [6, 6.07) is 11.0. The quantitative estimate of drug-likeness (QED) is 0.843. The first-order chi connectivity index (χ1) is 10.3. The Morgan fingerprint density at radius 1 is 1.14 bits per heavy atom. The molecule has 2 fully saturated rings. The van der Waals surface area contributed by atoms with Crippen LogP contribution in [0.4, 0.5) is 5.69 Å². The molecule has 0 radical (unpaired) electrons. The summed E-state index contributed by atoms with van der Waals surface area (Å²) >= 11 is 0. The number of carbonyl (C=O) groups is 1. The van der Waals surface area contributed by atoms with Gasteiger partial charge in [0, 0.05) is 24.3 Å². The van der Waals surface area contributed by atoms with Gasteiger partial charge in [-0.05, 0) is 44.4 Å². The van der Waals surface area contributed by atoms with Gasteiger partial charge >= 0.3 is 0 Å². The Balaban J connectivity index is 1.49. The first kappa shape index (κ1) is 14.5. The van der Waals surface area contributed by atoms with Gasteiger partial charge < -0.3 is 10.6 Å². The molecule has 4 nitrogen and oxygen atoms in total. The summed E-state index contributed by atoms with van der Waals surface area (Å²) in [5.41, 5.74) is 0.882. The number of para-hydroxylation sites is 1. The van der Waals surface area contributed by atoms with Crippen molar-refractivity contribution in [2.75, 3.05) is 25.0 Å². The number of nitrogens with one attached hydrogen (secondary N) is 2. The van der Waals surface area contributed by atoms with E-state index in [1.54, 1.807) is 0 Å². The number of nitrogens with zero attached hydrogens (tertiary/aromatic N) is 1. The third-order valence-corrected chi connectivity index (χ3v) is 4.37. The molecule has 2 aliphatic rings. The molecule has 1 aliphatic heterocycles. The molecule has 0 bridgehead atoms. The Bertz CT molecular complexity index is 458. The van der Waals surface area contributed by atoms with Crippen molar-refractivity contribution in [1.29, 1.82) is 0 Å². The lowest BCUT2D eigenvalue weighted by atomic mass is 10.0. The molecule has 1 amide bonds. The second-order valence-corrected chi connectivity index (χ2v) is 6.22. The van der Waals surface area contributed by atoms with Crippen LogP contribution in [-0.2, 0) is 4.79 Å². The highest BCUT2D eigenvalue weighted by Crippen LogP contribution is 2.21. The zero-order chi connectivity index (χ0) is 14.5. The standard InChI is InChI=1S/C17H25N3O/c21-17(19-15-6-2-1-3-7-15)13-20-11-5-4-8-16(20)12-18-14-9-10-14/h1-3,6-7,14,16,18H,4-5,8-13H2,(H,19,21). The Labute approximate surface area is 126 Å². The molecule has 3 rings (SSSR count). The molecule has 1 aromatic rings. The van der Waals surface area contributed by atoms with Crippen LogP contribution in [0.5, 0.6) is 0 Å². The number of amides is 1. The van der Waals surface area contributed by atoms with Crippen LogP contribution in [0.3, 0.4) is 0 Å². The first-order valence-corrected chi connectivity index (χ1v) is 8.13. The normalized spacial score (nSPS) is 23.0. The van der Waals surface area contributed by atoms with E-state index in [2.05, 4.69) is 15.5 Å². The van der Waals surface area contributed by atoms with Crippen molar-refractivity contribution in [2.45, 2.75) is 44.2 Å². The lowest BCUT2D eigenvalue weighted by Crippen LogP contribution is -2.48. The van der Waals surface area contributed by atoms with Crippen LogP contribution < -0.4 is 10.6 Å². The highest BCUT2D eigenvalue weighted by Gasteiger charge is 2.27. The molecule has 4 heteroatoms. The molecule has 1 heterocycles. The molecule has 114 valence electrons. The molecule has 1 atom stereocenters. The van der Waals surface area contributed by atoms with E-state index in [0.29, 0.717) is 12.6 Å². The molecule has 0 aromatic heterocycles. The van der Waals surface area contributed by atoms with Crippen molar-refractivity contribution in [2.24, 2.45) is 0 Å². The minimum atomic E-state index is 0.0968. The maximum atomic E-state index is 12.2. The molecular weight excluding hydrogens is 262 g/mol. The molecule has 2 N–H and O–H groups in total. The summed E-state index contributed by atoms with van der Waals surface area (Å²) in [6.45, 7) is 2.58. The zero-order valence-electron chi connectivity index (χ0n) is 12.6. The summed E-state index contributed by atoms with van der Waals surface area (Å²) in [5, 5.41) is 6.59.